The molecule has 0 atom stereocenters. The number of hydrogen-bond donors (Lipinski definition) is 4. The molecule has 0 fully saturated rings. The van der Waals surface area contributed by atoms with Crippen molar-refractivity contribution in [1.82, 2.24) is 24.9 Å². The average Bonchev–Trinajstić information content (AvgIpc) is 3.25. The number of carbonyl (C=O) groups is 2. The minimum absolute atomic E-state index is 0.00396. The lowest BCUT2D eigenvalue weighted by Crippen LogP contribution is -2.36. The smallest absolute Gasteiger partial charge is 0.354 e. The molecule has 4 rings (SSSR count). The molecule has 0 radical (unpaired) electrons. The third-order valence-electron chi connectivity index (χ3n) is 4.56. The van der Waals surface area contributed by atoms with Gasteiger partial charge in [0.05, 0.1) is 0 Å². The number of fused-ring (bicyclic) bond motifs is 1. The molecule has 0 aliphatic carbocycles. The number of nitrogens with zero attached hydrogens (tertiary/aromatic N) is 4. The van der Waals surface area contributed by atoms with Crippen LogP contribution in [0.15, 0.2) is 46.2 Å². The van der Waals surface area contributed by atoms with E-state index in [4.69, 9.17) is 5.73 Å². The molecule has 0 saturated carbocycles. The quantitative estimate of drug-likeness (QED) is 0.285. The van der Waals surface area contributed by atoms with Crippen molar-refractivity contribution in [3.8, 4) is 0 Å². The molecule has 2 heterocycles. The second-order valence-electron chi connectivity index (χ2n) is 6.61. The van der Waals surface area contributed by atoms with Crippen LogP contribution in [0.1, 0.15) is 32.1 Å². The van der Waals surface area contributed by atoms with Crippen LogP contribution in [-0.2, 0) is 13.1 Å². The molecule has 2 aromatic heterocycles. The van der Waals surface area contributed by atoms with Gasteiger partial charge >= 0.3 is 5.97 Å². The van der Waals surface area contributed by atoms with E-state index in [1.165, 1.54) is 0 Å². The number of nitrogens with two attached hydrogens (primary N) is 1. The number of anilines is 2. The Kier molecular flexibility index (Phi) is 4.87. The summed E-state index contributed by atoms with van der Waals surface area (Å²) in [6.07, 6.45) is 1.15. The van der Waals surface area contributed by atoms with Gasteiger partial charge in [0.2, 0.25) is 0 Å². The maximum Gasteiger partial charge on any atom is 0.354 e. The van der Waals surface area contributed by atoms with Crippen molar-refractivity contribution < 1.29 is 14.7 Å². The van der Waals surface area contributed by atoms with E-state index in [0.717, 1.165) is 28.0 Å². The van der Waals surface area contributed by atoms with Crippen LogP contribution < -0.4 is 27.2 Å². The number of carbonyl (C=O) groups excluding carboxylic acids is 1. The Bertz CT molecular complexity index is 1400. The zero-order valence-electron chi connectivity index (χ0n) is 15.8. The molecule has 4 aromatic rings. The van der Waals surface area contributed by atoms with Crippen molar-refractivity contribution in [2.45, 2.75) is 13.1 Å². The van der Waals surface area contributed by atoms with E-state index in [0.29, 0.717) is 0 Å². The summed E-state index contributed by atoms with van der Waals surface area (Å²) in [6.45, 7) is 0.417. The third kappa shape index (κ3) is 3.69. The molecule has 0 aliphatic heterocycles. The fourth-order valence-electron chi connectivity index (χ4n) is 2.98. The third-order valence-corrected chi connectivity index (χ3v) is 4.56. The first-order chi connectivity index (χ1) is 14.8. The SMILES string of the molecule is Nc1c(NCc2cccc(CNC(=O)c3cc(C(=O)O)n4ncnc4n3)c2)c(=O)c1=O. The molecule has 12 heteroatoms. The van der Waals surface area contributed by atoms with Crippen LogP contribution >= 0.6 is 0 Å². The van der Waals surface area contributed by atoms with Crippen molar-refractivity contribution in [2.24, 2.45) is 0 Å². The summed E-state index contributed by atoms with van der Waals surface area (Å²) < 4.78 is 1.03. The van der Waals surface area contributed by atoms with Gasteiger partial charge in [0.25, 0.3) is 22.5 Å². The highest BCUT2D eigenvalue weighted by molar-refractivity contribution is 5.95. The van der Waals surface area contributed by atoms with E-state index < -0.39 is 22.7 Å². The second kappa shape index (κ2) is 7.67. The number of aromatic nitrogens is 4. The van der Waals surface area contributed by atoms with Crippen molar-refractivity contribution in [3.63, 3.8) is 0 Å². The molecule has 12 nitrogen and oxygen atoms in total. The predicted octanol–water partition coefficient (Wildman–Crippen LogP) is -0.457. The first-order valence-electron chi connectivity index (χ1n) is 8.98. The summed E-state index contributed by atoms with van der Waals surface area (Å²) in [5.74, 6) is -1.85. The minimum atomic E-state index is -1.27. The number of rotatable bonds is 7. The van der Waals surface area contributed by atoms with Crippen LogP contribution in [0.5, 0.6) is 0 Å². The zero-order valence-corrected chi connectivity index (χ0v) is 15.8. The van der Waals surface area contributed by atoms with Gasteiger partial charge in [0.15, 0.2) is 5.69 Å². The fraction of sp³-hybridized carbons (Fsp3) is 0.105. The molecule has 5 N–H and O–H groups in total. The standard InChI is InChI=1S/C19H15N7O5/c20-13-14(16(28)15(13)27)21-6-9-2-1-3-10(4-9)7-22-17(29)11-5-12(18(30)31)26-19(25-11)23-8-24-26/h1-5,8,21H,6-7,20H2,(H,22,29)(H,30,31). The topological polar surface area (TPSA) is 182 Å². The lowest BCUT2D eigenvalue weighted by molar-refractivity contribution is 0.0687. The van der Waals surface area contributed by atoms with E-state index >= 15 is 0 Å². The first kappa shape index (κ1) is 19.7. The van der Waals surface area contributed by atoms with Gasteiger partial charge in [-0.3, -0.25) is 14.4 Å². The van der Waals surface area contributed by atoms with Gasteiger partial charge in [-0.15, -0.1) is 0 Å². The second-order valence-corrected chi connectivity index (χ2v) is 6.61. The molecule has 1 amide bonds. The fourth-order valence-corrected chi connectivity index (χ4v) is 2.98. The Hall–Kier alpha value is -4.61. The van der Waals surface area contributed by atoms with Gasteiger partial charge in [-0.25, -0.2) is 9.78 Å². The Morgan fingerprint density at radius 1 is 1.10 bits per heavy atom. The van der Waals surface area contributed by atoms with Gasteiger partial charge in [-0.1, -0.05) is 24.3 Å². The van der Waals surface area contributed by atoms with Crippen LogP contribution in [0, 0.1) is 0 Å². The Morgan fingerprint density at radius 3 is 2.55 bits per heavy atom. The van der Waals surface area contributed by atoms with E-state index in [1.807, 2.05) is 0 Å². The van der Waals surface area contributed by atoms with Gasteiger partial charge in [0, 0.05) is 19.2 Å². The lowest BCUT2D eigenvalue weighted by atomic mass is 10.1. The molecular weight excluding hydrogens is 406 g/mol. The Morgan fingerprint density at radius 2 is 1.84 bits per heavy atom. The summed E-state index contributed by atoms with van der Waals surface area (Å²) in [4.78, 5) is 54.3. The highest BCUT2D eigenvalue weighted by atomic mass is 16.4. The van der Waals surface area contributed by atoms with Gasteiger partial charge < -0.3 is 21.5 Å². The molecule has 31 heavy (non-hydrogen) atoms. The average molecular weight is 421 g/mol. The number of carboxylic acids is 1. The van der Waals surface area contributed by atoms with Crippen molar-refractivity contribution >= 4 is 29.0 Å². The maximum absolute atomic E-state index is 12.5. The van der Waals surface area contributed by atoms with E-state index in [1.54, 1.807) is 24.3 Å². The predicted molar refractivity (Wildman–Crippen MR) is 108 cm³/mol. The monoisotopic (exact) mass is 421 g/mol. The summed E-state index contributed by atoms with van der Waals surface area (Å²) in [7, 11) is 0. The van der Waals surface area contributed by atoms with Gasteiger partial charge in [-0.2, -0.15) is 14.6 Å². The van der Waals surface area contributed by atoms with E-state index in [2.05, 4.69) is 25.7 Å². The molecule has 156 valence electrons. The van der Waals surface area contributed by atoms with Crippen LogP contribution in [0.2, 0.25) is 0 Å². The molecule has 0 unspecified atom stereocenters. The maximum atomic E-state index is 12.5. The number of hydrogen-bond acceptors (Lipinski definition) is 9. The van der Waals surface area contributed by atoms with Crippen molar-refractivity contribution in [2.75, 3.05) is 11.1 Å². The summed E-state index contributed by atoms with van der Waals surface area (Å²) in [5, 5.41) is 18.6. The normalized spacial score (nSPS) is 11.0. The number of amides is 1. The summed E-state index contributed by atoms with van der Waals surface area (Å²) in [6, 6.07) is 8.28. The number of carboxylic acid groups (broad SMARTS) is 1. The van der Waals surface area contributed by atoms with Gasteiger partial charge in [-0.05, 0) is 11.1 Å². The van der Waals surface area contributed by atoms with Gasteiger partial charge in [0.1, 0.15) is 23.4 Å². The van der Waals surface area contributed by atoms with E-state index in [9.17, 15) is 24.3 Å². The number of benzene rings is 1. The lowest BCUT2D eigenvalue weighted by Gasteiger charge is -2.11. The van der Waals surface area contributed by atoms with Crippen LogP contribution in [0.4, 0.5) is 11.4 Å². The molecule has 0 bridgehead atoms. The molecule has 2 aromatic carbocycles. The summed E-state index contributed by atoms with van der Waals surface area (Å²) in [5.41, 5.74) is 5.40. The number of aromatic carboxylic acids is 1. The molecule has 0 saturated heterocycles. The zero-order chi connectivity index (χ0) is 22.1. The molecule has 0 spiro atoms. The first-order valence-corrected chi connectivity index (χ1v) is 8.98. The molecular formula is C19H15N7O5. The number of nitrogens with one attached hydrogen (secondary N) is 2. The Labute approximate surface area is 173 Å². The highest BCUT2D eigenvalue weighted by Gasteiger charge is 2.18. The number of nitrogen functional groups attached to an aromatic ring is 1. The van der Waals surface area contributed by atoms with Crippen LogP contribution in [0.25, 0.3) is 5.78 Å². The van der Waals surface area contributed by atoms with Crippen molar-refractivity contribution in [1.29, 1.82) is 0 Å². The largest absolute Gasteiger partial charge is 0.477 e. The highest BCUT2D eigenvalue weighted by Crippen LogP contribution is 2.13. The van der Waals surface area contributed by atoms with Crippen LogP contribution in [-0.4, -0.2) is 36.6 Å². The molecule has 0 aliphatic rings. The summed E-state index contributed by atoms with van der Waals surface area (Å²) >= 11 is 0. The minimum Gasteiger partial charge on any atom is -0.477 e. The Balaban J connectivity index is 1.44. The van der Waals surface area contributed by atoms with Crippen LogP contribution in [0.3, 0.4) is 0 Å². The van der Waals surface area contributed by atoms with E-state index in [-0.39, 0.29) is 41.6 Å². The van der Waals surface area contributed by atoms with Crippen molar-refractivity contribution in [3.05, 3.63) is 79.6 Å².